The summed E-state index contributed by atoms with van der Waals surface area (Å²) in [5, 5.41) is 0. The molecule has 0 aromatic heterocycles. The van der Waals surface area contributed by atoms with E-state index in [1.807, 2.05) is 0 Å². The lowest BCUT2D eigenvalue weighted by Gasteiger charge is -2.23. The van der Waals surface area contributed by atoms with E-state index >= 15 is 0 Å². The molecule has 1 heterocycles. The van der Waals surface area contributed by atoms with E-state index in [1.54, 1.807) is 12.1 Å². The highest BCUT2D eigenvalue weighted by Gasteiger charge is 2.25. The van der Waals surface area contributed by atoms with Crippen LogP contribution in [0.5, 0.6) is 11.5 Å². The Morgan fingerprint density at radius 1 is 1.20 bits per heavy atom. The molecular weight excluding hydrogens is 204 g/mol. The zero-order chi connectivity index (χ0) is 10.8. The van der Waals surface area contributed by atoms with Gasteiger partial charge in [0.1, 0.15) is 13.2 Å². The molecule has 1 atom stereocenters. The molecule has 0 bridgehead atoms. The van der Waals surface area contributed by atoms with Gasteiger partial charge >= 0.3 is 0 Å². The maximum absolute atomic E-state index is 12.5. The summed E-state index contributed by atoms with van der Waals surface area (Å²) >= 11 is 0. The minimum Gasteiger partial charge on any atom is -0.486 e. The van der Waals surface area contributed by atoms with Crippen molar-refractivity contribution in [3.63, 3.8) is 0 Å². The van der Waals surface area contributed by atoms with E-state index in [0.29, 0.717) is 30.3 Å². The van der Waals surface area contributed by atoms with E-state index in [1.165, 1.54) is 6.07 Å². The molecule has 1 unspecified atom stereocenters. The summed E-state index contributed by atoms with van der Waals surface area (Å²) in [6.45, 7) is 0.792. The van der Waals surface area contributed by atoms with Gasteiger partial charge in [-0.2, -0.15) is 0 Å². The molecule has 2 rings (SSSR count). The molecule has 0 saturated heterocycles. The lowest BCUT2D eigenvalue weighted by molar-refractivity contribution is 0.111. The Morgan fingerprint density at radius 3 is 2.67 bits per heavy atom. The Bertz CT molecular complexity index is 357. The minimum atomic E-state index is -2.61. The van der Waals surface area contributed by atoms with Crippen molar-refractivity contribution >= 4 is 0 Å². The molecule has 3 nitrogen and oxygen atoms in total. The number of nitrogens with two attached hydrogens (primary N) is 1. The Hall–Kier alpha value is -1.36. The fourth-order valence-corrected chi connectivity index (χ4v) is 1.49. The predicted molar refractivity (Wildman–Crippen MR) is 50.4 cm³/mol. The second-order valence-corrected chi connectivity index (χ2v) is 3.23. The summed E-state index contributed by atoms with van der Waals surface area (Å²) in [6, 6.07) is 3.51. The van der Waals surface area contributed by atoms with Crippen LogP contribution in [0.4, 0.5) is 8.78 Å². The van der Waals surface area contributed by atoms with Gasteiger partial charge in [-0.15, -0.1) is 0 Å². The Labute approximate surface area is 85.8 Å². The Morgan fingerprint density at radius 2 is 1.93 bits per heavy atom. The van der Waals surface area contributed by atoms with Crippen LogP contribution in [0, 0.1) is 0 Å². The van der Waals surface area contributed by atoms with Crippen molar-refractivity contribution in [2.24, 2.45) is 5.73 Å². The van der Waals surface area contributed by atoms with Crippen molar-refractivity contribution in [1.29, 1.82) is 0 Å². The van der Waals surface area contributed by atoms with E-state index in [0.717, 1.165) is 0 Å². The normalized spacial score (nSPS) is 16.5. The van der Waals surface area contributed by atoms with Crippen molar-refractivity contribution in [1.82, 2.24) is 0 Å². The third kappa shape index (κ3) is 1.87. The van der Waals surface area contributed by atoms with Crippen LogP contribution in [0.25, 0.3) is 0 Å². The fourth-order valence-electron chi connectivity index (χ4n) is 1.49. The monoisotopic (exact) mass is 215 g/mol. The maximum atomic E-state index is 12.5. The van der Waals surface area contributed by atoms with Crippen LogP contribution >= 0.6 is 0 Å². The van der Waals surface area contributed by atoms with Crippen LogP contribution in [0.3, 0.4) is 0 Å². The van der Waals surface area contributed by atoms with Gasteiger partial charge in [-0.25, -0.2) is 8.78 Å². The zero-order valence-corrected chi connectivity index (χ0v) is 7.95. The smallest absolute Gasteiger partial charge is 0.257 e. The van der Waals surface area contributed by atoms with Crippen molar-refractivity contribution in [2.45, 2.75) is 12.5 Å². The number of hydrogen-bond acceptors (Lipinski definition) is 3. The van der Waals surface area contributed by atoms with Crippen LogP contribution in [0.2, 0.25) is 0 Å². The number of rotatable bonds is 2. The number of benzene rings is 1. The quantitative estimate of drug-likeness (QED) is 0.817. The highest BCUT2D eigenvalue weighted by atomic mass is 19.3. The lowest BCUT2D eigenvalue weighted by Crippen LogP contribution is -2.23. The average molecular weight is 215 g/mol. The van der Waals surface area contributed by atoms with Crippen LogP contribution < -0.4 is 15.2 Å². The summed E-state index contributed by atoms with van der Waals surface area (Å²) < 4.78 is 35.5. The SMILES string of the molecule is NC(c1cccc2c1OCCO2)C(F)F. The number of alkyl halides is 2. The maximum Gasteiger partial charge on any atom is 0.257 e. The van der Waals surface area contributed by atoms with Crippen molar-refractivity contribution in [3.05, 3.63) is 23.8 Å². The van der Waals surface area contributed by atoms with Gasteiger partial charge in [0.05, 0.1) is 6.04 Å². The van der Waals surface area contributed by atoms with Gasteiger partial charge < -0.3 is 15.2 Å². The molecule has 0 aliphatic carbocycles. The number of fused-ring (bicyclic) bond motifs is 1. The molecule has 0 saturated carbocycles. The molecule has 1 aliphatic rings. The molecule has 0 amide bonds. The molecule has 1 aromatic carbocycles. The van der Waals surface area contributed by atoms with Gasteiger partial charge in [0, 0.05) is 5.56 Å². The first-order valence-electron chi connectivity index (χ1n) is 4.62. The molecule has 1 aliphatic heterocycles. The van der Waals surface area contributed by atoms with Crippen LogP contribution in [-0.4, -0.2) is 19.6 Å². The van der Waals surface area contributed by atoms with Gasteiger partial charge in [0.25, 0.3) is 6.43 Å². The first kappa shape index (κ1) is 10.2. The summed E-state index contributed by atoms with van der Waals surface area (Å²) in [5.41, 5.74) is 5.67. The highest BCUT2D eigenvalue weighted by molar-refractivity contribution is 5.48. The van der Waals surface area contributed by atoms with Crippen LogP contribution in [0.1, 0.15) is 11.6 Å². The molecule has 0 spiro atoms. The predicted octanol–water partition coefficient (Wildman–Crippen LogP) is 1.72. The molecule has 5 heteroatoms. The first-order valence-corrected chi connectivity index (χ1v) is 4.62. The van der Waals surface area contributed by atoms with Gasteiger partial charge in [0.15, 0.2) is 11.5 Å². The van der Waals surface area contributed by atoms with Crippen molar-refractivity contribution < 1.29 is 18.3 Å². The molecule has 82 valence electrons. The highest BCUT2D eigenvalue weighted by Crippen LogP contribution is 2.37. The Balaban J connectivity index is 2.39. The van der Waals surface area contributed by atoms with Crippen LogP contribution in [0.15, 0.2) is 18.2 Å². The van der Waals surface area contributed by atoms with E-state index in [4.69, 9.17) is 15.2 Å². The van der Waals surface area contributed by atoms with Crippen molar-refractivity contribution in [3.8, 4) is 11.5 Å². The van der Waals surface area contributed by atoms with Gasteiger partial charge in [-0.1, -0.05) is 12.1 Å². The first-order chi connectivity index (χ1) is 7.20. The number of ether oxygens (including phenoxy) is 2. The summed E-state index contributed by atoms with van der Waals surface area (Å²) in [6.07, 6.45) is -2.61. The topological polar surface area (TPSA) is 44.5 Å². The van der Waals surface area contributed by atoms with Crippen LogP contribution in [-0.2, 0) is 0 Å². The summed E-state index contributed by atoms with van der Waals surface area (Å²) in [4.78, 5) is 0. The number of hydrogen-bond donors (Lipinski definition) is 1. The number of para-hydroxylation sites is 1. The third-order valence-corrected chi connectivity index (χ3v) is 2.23. The molecule has 0 radical (unpaired) electrons. The second-order valence-electron chi connectivity index (χ2n) is 3.23. The molecule has 0 fully saturated rings. The second kappa shape index (κ2) is 4.02. The minimum absolute atomic E-state index is 0.294. The van der Waals surface area contributed by atoms with E-state index in [-0.39, 0.29) is 0 Å². The average Bonchev–Trinajstić information content (AvgIpc) is 2.27. The van der Waals surface area contributed by atoms with Crippen molar-refractivity contribution in [2.75, 3.05) is 13.2 Å². The Kier molecular flexibility index (Phi) is 2.73. The fraction of sp³-hybridized carbons (Fsp3) is 0.400. The summed E-state index contributed by atoms with van der Waals surface area (Å²) in [5.74, 6) is 0.825. The largest absolute Gasteiger partial charge is 0.486 e. The van der Waals surface area contributed by atoms with E-state index < -0.39 is 12.5 Å². The van der Waals surface area contributed by atoms with Gasteiger partial charge in [-0.3, -0.25) is 0 Å². The van der Waals surface area contributed by atoms with Gasteiger partial charge in [-0.05, 0) is 6.07 Å². The lowest BCUT2D eigenvalue weighted by atomic mass is 10.1. The third-order valence-electron chi connectivity index (χ3n) is 2.23. The van der Waals surface area contributed by atoms with E-state index in [2.05, 4.69) is 0 Å². The standard InChI is InChI=1S/C10H11F2NO2/c11-10(12)8(13)6-2-1-3-7-9(6)15-5-4-14-7/h1-3,8,10H,4-5,13H2. The van der Waals surface area contributed by atoms with E-state index in [9.17, 15) is 8.78 Å². The zero-order valence-electron chi connectivity index (χ0n) is 7.95. The summed E-state index contributed by atoms with van der Waals surface area (Å²) in [7, 11) is 0. The number of halogens is 2. The van der Waals surface area contributed by atoms with Gasteiger partial charge in [0.2, 0.25) is 0 Å². The molecule has 2 N–H and O–H groups in total. The molecule has 1 aromatic rings. The molecule has 15 heavy (non-hydrogen) atoms. The molecular formula is C10H11F2NO2.